The normalized spacial score (nSPS) is 10.4. The van der Waals surface area contributed by atoms with Gasteiger partial charge in [0.25, 0.3) is 5.91 Å². The first-order valence-corrected chi connectivity index (χ1v) is 7.77. The molecule has 0 saturated heterocycles. The number of nitrogens with two attached hydrogens (primary N) is 1. The number of nitrogen functional groups attached to an aromatic ring is 1. The van der Waals surface area contributed by atoms with Gasteiger partial charge in [-0.3, -0.25) is 4.79 Å². The predicted octanol–water partition coefficient (Wildman–Crippen LogP) is 3.02. The number of hydrogen-bond acceptors (Lipinski definition) is 4. The van der Waals surface area contributed by atoms with Crippen molar-refractivity contribution < 1.29 is 4.79 Å². The van der Waals surface area contributed by atoms with Crippen LogP contribution in [0, 0.1) is 6.92 Å². The summed E-state index contributed by atoms with van der Waals surface area (Å²) in [5.74, 6) is -0.102. The number of nitrogens with zero attached hydrogens (tertiary/aromatic N) is 1. The van der Waals surface area contributed by atoms with E-state index in [9.17, 15) is 4.79 Å². The first-order valence-electron chi connectivity index (χ1n) is 6.95. The van der Waals surface area contributed by atoms with Gasteiger partial charge in [0.2, 0.25) is 0 Å². The predicted molar refractivity (Wildman–Crippen MR) is 90.0 cm³/mol. The van der Waals surface area contributed by atoms with Crippen molar-refractivity contribution in [1.29, 1.82) is 0 Å². The fourth-order valence-corrected chi connectivity index (χ4v) is 3.00. The maximum absolute atomic E-state index is 11.9. The number of thiophene rings is 1. The van der Waals surface area contributed by atoms with Gasteiger partial charge in [-0.1, -0.05) is 29.8 Å². The summed E-state index contributed by atoms with van der Waals surface area (Å²) < 4.78 is 0. The maximum Gasteiger partial charge on any atom is 0.263 e. The topological polar surface area (TPSA) is 58.4 Å². The third-order valence-electron chi connectivity index (χ3n) is 3.21. The number of nitrogens with one attached hydrogen (secondary N) is 1. The molecular weight excluding hydrogens is 282 g/mol. The summed E-state index contributed by atoms with van der Waals surface area (Å²) in [7, 11) is 2.01. The molecule has 1 aromatic carbocycles. The minimum atomic E-state index is -0.102. The summed E-state index contributed by atoms with van der Waals surface area (Å²) in [5.41, 5.74) is 8.97. The van der Waals surface area contributed by atoms with Gasteiger partial charge in [-0.15, -0.1) is 11.3 Å². The van der Waals surface area contributed by atoms with Crippen LogP contribution in [0.5, 0.6) is 0 Å². The van der Waals surface area contributed by atoms with Crippen molar-refractivity contribution in [3.63, 3.8) is 0 Å². The minimum absolute atomic E-state index is 0.102. The van der Waals surface area contributed by atoms with Crippen LogP contribution in [0.3, 0.4) is 0 Å². The highest BCUT2D eigenvalue weighted by molar-refractivity contribution is 7.18. The van der Waals surface area contributed by atoms with E-state index in [-0.39, 0.29) is 5.91 Å². The van der Waals surface area contributed by atoms with E-state index in [1.165, 1.54) is 22.5 Å². The standard InChI is InChI=1S/C16H21N3OS/c1-4-18-16(20)15-13(17)9-14(21-15)19(3)10-12-7-5-11(2)6-8-12/h5-9H,4,10,17H2,1-3H3,(H,18,20). The molecule has 0 fully saturated rings. The lowest BCUT2D eigenvalue weighted by Crippen LogP contribution is -2.22. The number of carbonyl (C=O) groups is 1. The molecule has 0 spiro atoms. The second-order valence-electron chi connectivity index (χ2n) is 5.07. The second kappa shape index (κ2) is 6.63. The van der Waals surface area contributed by atoms with Crippen LogP contribution in [0.2, 0.25) is 0 Å². The number of hydrogen-bond donors (Lipinski definition) is 2. The molecule has 0 aliphatic heterocycles. The number of amides is 1. The van der Waals surface area contributed by atoms with Crippen LogP contribution in [-0.2, 0) is 6.54 Å². The van der Waals surface area contributed by atoms with E-state index in [0.717, 1.165) is 11.5 Å². The number of benzene rings is 1. The fraction of sp³-hybridized carbons (Fsp3) is 0.312. The molecule has 1 amide bonds. The Morgan fingerprint density at radius 1 is 1.33 bits per heavy atom. The Hall–Kier alpha value is -2.01. The van der Waals surface area contributed by atoms with Gasteiger partial charge in [0, 0.05) is 20.1 Å². The van der Waals surface area contributed by atoms with Gasteiger partial charge in [-0.2, -0.15) is 0 Å². The van der Waals surface area contributed by atoms with Gasteiger partial charge >= 0.3 is 0 Å². The van der Waals surface area contributed by atoms with E-state index in [2.05, 4.69) is 41.4 Å². The molecule has 4 nitrogen and oxygen atoms in total. The van der Waals surface area contributed by atoms with E-state index in [4.69, 9.17) is 5.73 Å². The van der Waals surface area contributed by atoms with E-state index < -0.39 is 0 Å². The van der Waals surface area contributed by atoms with Crippen molar-refractivity contribution >= 4 is 27.9 Å². The lowest BCUT2D eigenvalue weighted by Gasteiger charge is -2.17. The molecule has 0 unspecified atom stereocenters. The highest BCUT2D eigenvalue weighted by Crippen LogP contribution is 2.32. The number of carbonyl (C=O) groups excluding carboxylic acids is 1. The molecule has 112 valence electrons. The van der Waals surface area contributed by atoms with E-state index in [0.29, 0.717) is 17.1 Å². The third kappa shape index (κ3) is 3.76. The van der Waals surface area contributed by atoms with Crippen LogP contribution in [0.1, 0.15) is 27.7 Å². The SMILES string of the molecule is CCNC(=O)c1sc(N(C)Cc2ccc(C)cc2)cc1N. The van der Waals surface area contributed by atoms with Crippen LogP contribution < -0.4 is 16.0 Å². The Labute approximate surface area is 129 Å². The minimum Gasteiger partial charge on any atom is -0.397 e. The van der Waals surface area contributed by atoms with Gasteiger partial charge in [0.15, 0.2) is 0 Å². The molecule has 1 aromatic heterocycles. The summed E-state index contributed by atoms with van der Waals surface area (Å²) in [5, 5.41) is 3.78. The third-order valence-corrected chi connectivity index (χ3v) is 4.47. The summed E-state index contributed by atoms with van der Waals surface area (Å²) in [6.45, 7) is 5.36. The van der Waals surface area contributed by atoms with E-state index in [1.54, 1.807) is 0 Å². The van der Waals surface area contributed by atoms with E-state index >= 15 is 0 Å². The van der Waals surface area contributed by atoms with Crippen LogP contribution in [0.15, 0.2) is 30.3 Å². The van der Waals surface area contributed by atoms with Crippen molar-refractivity contribution in [2.75, 3.05) is 24.2 Å². The summed E-state index contributed by atoms with van der Waals surface area (Å²) in [6.07, 6.45) is 0. The number of anilines is 2. The Bertz CT molecular complexity index is 619. The average molecular weight is 303 g/mol. The lowest BCUT2D eigenvalue weighted by atomic mass is 10.1. The highest BCUT2D eigenvalue weighted by Gasteiger charge is 2.15. The Balaban J connectivity index is 2.12. The fourth-order valence-electron chi connectivity index (χ4n) is 2.04. The van der Waals surface area contributed by atoms with Crippen LogP contribution in [0.4, 0.5) is 10.7 Å². The van der Waals surface area contributed by atoms with Gasteiger partial charge in [-0.05, 0) is 25.5 Å². The largest absolute Gasteiger partial charge is 0.397 e. The first kappa shape index (κ1) is 15.4. The van der Waals surface area contributed by atoms with Gasteiger partial charge in [-0.25, -0.2) is 0 Å². The van der Waals surface area contributed by atoms with Crippen LogP contribution >= 0.6 is 11.3 Å². The quantitative estimate of drug-likeness (QED) is 0.892. The zero-order chi connectivity index (χ0) is 15.4. The lowest BCUT2D eigenvalue weighted by molar-refractivity contribution is 0.0960. The van der Waals surface area contributed by atoms with Gasteiger partial charge < -0.3 is 16.0 Å². The molecule has 2 aromatic rings. The smallest absolute Gasteiger partial charge is 0.263 e. The zero-order valence-electron chi connectivity index (χ0n) is 12.6. The molecule has 1 heterocycles. The average Bonchev–Trinajstić information content (AvgIpc) is 2.84. The summed E-state index contributed by atoms with van der Waals surface area (Å²) in [4.78, 5) is 14.6. The first-order chi connectivity index (χ1) is 10.0. The molecule has 0 aliphatic rings. The molecule has 0 bridgehead atoms. The Morgan fingerprint density at radius 3 is 2.62 bits per heavy atom. The van der Waals surface area contributed by atoms with Crippen molar-refractivity contribution in [2.24, 2.45) is 0 Å². The monoisotopic (exact) mass is 303 g/mol. The van der Waals surface area contributed by atoms with Gasteiger partial charge in [0.05, 0.1) is 10.7 Å². The molecule has 0 aliphatic carbocycles. The molecule has 21 heavy (non-hydrogen) atoms. The van der Waals surface area contributed by atoms with Gasteiger partial charge in [0.1, 0.15) is 4.88 Å². The van der Waals surface area contributed by atoms with Crippen LogP contribution in [0.25, 0.3) is 0 Å². The second-order valence-corrected chi connectivity index (χ2v) is 6.10. The number of rotatable bonds is 5. The Morgan fingerprint density at radius 2 is 2.00 bits per heavy atom. The molecule has 2 rings (SSSR count). The van der Waals surface area contributed by atoms with Crippen molar-refractivity contribution in [3.8, 4) is 0 Å². The molecule has 0 saturated carbocycles. The Kier molecular flexibility index (Phi) is 4.85. The summed E-state index contributed by atoms with van der Waals surface area (Å²) >= 11 is 1.43. The number of aryl methyl sites for hydroxylation is 1. The highest BCUT2D eigenvalue weighted by atomic mass is 32.1. The molecule has 0 atom stereocenters. The molecule has 3 N–H and O–H groups in total. The summed E-state index contributed by atoms with van der Waals surface area (Å²) in [6, 6.07) is 10.3. The van der Waals surface area contributed by atoms with Crippen molar-refractivity contribution in [2.45, 2.75) is 20.4 Å². The maximum atomic E-state index is 11.9. The molecule has 0 radical (unpaired) electrons. The van der Waals surface area contributed by atoms with E-state index in [1.807, 2.05) is 20.0 Å². The van der Waals surface area contributed by atoms with Crippen molar-refractivity contribution in [1.82, 2.24) is 5.32 Å². The molecular formula is C16H21N3OS. The zero-order valence-corrected chi connectivity index (χ0v) is 13.5. The van der Waals surface area contributed by atoms with Crippen LogP contribution in [-0.4, -0.2) is 19.5 Å². The molecule has 5 heteroatoms. The van der Waals surface area contributed by atoms with Crippen molar-refractivity contribution in [3.05, 3.63) is 46.3 Å².